The molecule has 2 saturated heterocycles. The number of hydrogen-bond acceptors (Lipinski definition) is 10. The van der Waals surface area contributed by atoms with Crippen LogP contribution in [0.3, 0.4) is 0 Å². The van der Waals surface area contributed by atoms with Crippen LogP contribution < -0.4 is 10.2 Å². The van der Waals surface area contributed by atoms with Crippen molar-refractivity contribution in [2.24, 2.45) is 11.8 Å². The highest BCUT2D eigenvalue weighted by Gasteiger charge is 2.45. The number of furan rings is 1. The Kier molecular flexibility index (Phi) is 11.5. The van der Waals surface area contributed by atoms with Crippen molar-refractivity contribution in [2.75, 3.05) is 42.9 Å². The van der Waals surface area contributed by atoms with Crippen LogP contribution in [0.25, 0.3) is 11.1 Å². The number of nitrogens with one attached hydrogen (secondary N) is 1. The molecule has 5 heterocycles. The van der Waals surface area contributed by atoms with E-state index in [1.54, 1.807) is 64.8 Å². The molecule has 2 aliphatic heterocycles. The highest BCUT2D eigenvalue weighted by molar-refractivity contribution is 6.12. The molecule has 0 aliphatic carbocycles. The number of carbonyl (C=O) groups excluding carboxylic acids is 3. The maximum Gasteiger partial charge on any atom is 0.414 e. The number of esters is 1. The normalized spacial score (nSPS) is 20.3. The molecular formula is C37H47F4N5O6. The second kappa shape index (κ2) is 15.4. The van der Waals surface area contributed by atoms with Crippen molar-refractivity contribution in [1.29, 1.82) is 0 Å². The number of anilines is 2. The Labute approximate surface area is 300 Å². The number of aromatic nitrogens is 2. The minimum absolute atomic E-state index is 0.0309. The van der Waals surface area contributed by atoms with Crippen LogP contribution >= 0.6 is 0 Å². The Bertz CT molecular complexity index is 1770. The van der Waals surface area contributed by atoms with Gasteiger partial charge in [-0.3, -0.25) is 24.9 Å². The van der Waals surface area contributed by atoms with Gasteiger partial charge < -0.3 is 23.7 Å². The lowest BCUT2D eigenvalue weighted by molar-refractivity contribution is -0.181. The second-order valence-corrected chi connectivity index (χ2v) is 15.7. The first-order valence-electron chi connectivity index (χ1n) is 17.5. The molecule has 3 aromatic heterocycles. The summed E-state index contributed by atoms with van der Waals surface area (Å²) in [6, 6.07) is 3.27. The molecule has 0 aromatic carbocycles. The van der Waals surface area contributed by atoms with Crippen molar-refractivity contribution >= 4 is 40.5 Å². The topological polar surface area (TPSA) is 127 Å². The van der Waals surface area contributed by atoms with Gasteiger partial charge in [-0.15, -0.1) is 0 Å². The van der Waals surface area contributed by atoms with E-state index in [0.717, 1.165) is 5.56 Å². The van der Waals surface area contributed by atoms with E-state index < -0.39 is 53.2 Å². The zero-order chi connectivity index (χ0) is 38.0. The van der Waals surface area contributed by atoms with Gasteiger partial charge in [0.25, 0.3) is 0 Å². The number of amides is 1. The summed E-state index contributed by atoms with van der Waals surface area (Å²) in [4.78, 5) is 51.9. The highest BCUT2D eigenvalue weighted by Crippen LogP contribution is 2.39. The smallest absolute Gasteiger partial charge is 0.414 e. The minimum atomic E-state index is -4.51. The van der Waals surface area contributed by atoms with E-state index in [9.17, 15) is 31.9 Å². The maximum atomic E-state index is 14.2. The van der Waals surface area contributed by atoms with Crippen molar-refractivity contribution in [3.8, 4) is 0 Å². The average Bonchev–Trinajstić information content (AvgIpc) is 3.59. The fourth-order valence-corrected chi connectivity index (χ4v) is 6.70. The summed E-state index contributed by atoms with van der Waals surface area (Å²) >= 11 is 0. The Morgan fingerprint density at radius 3 is 2.40 bits per heavy atom. The monoisotopic (exact) mass is 733 g/mol. The first kappa shape index (κ1) is 38.9. The predicted octanol–water partition coefficient (Wildman–Crippen LogP) is 7.32. The zero-order valence-corrected chi connectivity index (χ0v) is 30.4. The van der Waals surface area contributed by atoms with E-state index in [4.69, 9.17) is 13.9 Å². The van der Waals surface area contributed by atoms with Gasteiger partial charge in [0.1, 0.15) is 28.5 Å². The van der Waals surface area contributed by atoms with Crippen LogP contribution in [0, 0.1) is 11.8 Å². The number of alkyl halides is 4. The summed E-state index contributed by atoms with van der Waals surface area (Å²) in [6.07, 6.45) is -1.46. The van der Waals surface area contributed by atoms with E-state index in [1.807, 2.05) is 4.90 Å². The number of piperidine rings is 1. The molecular weight excluding hydrogens is 686 g/mol. The molecule has 11 nitrogen and oxygen atoms in total. The summed E-state index contributed by atoms with van der Waals surface area (Å²) in [5, 5.41) is 2.53. The number of rotatable bonds is 10. The molecule has 0 saturated carbocycles. The highest BCUT2D eigenvalue weighted by atomic mass is 19.4. The Balaban J connectivity index is 1.43. The van der Waals surface area contributed by atoms with Gasteiger partial charge in [-0.05, 0) is 84.4 Å². The average molecular weight is 734 g/mol. The van der Waals surface area contributed by atoms with Crippen molar-refractivity contribution in [2.45, 2.75) is 97.2 Å². The Hall–Kier alpha value is -4.27. The summed E-state index contributed by atoms with van der Waals surface area (Å²) in [6.45, 7) is 11.5. The number of pyridine rings is 2. The van der Waals surface area contributed by atoms with Gasteiger partial charge in [0.2, 0.25) is 5.88 Å². The lowest BCUT2D eigenvalue weighted by Gasteiger charge is -2.40. The van der Waals surface area contributed by atoms with E-state index in [0.29, 0.717) is 43.7 Å². The van der Waals surface area contributed by atoms with Crippen molar-refractivity contribution in [3.63, 3.8) is 0 Å². The molecule has 284 valence electrons. The third kappa shape index (κ3) is 10.4. The zero-order valence-electron chi connectivity index (χ0n) is 30.4. The Morgan fingerprint density at radius 1 is 1.02 bits per heavy atom. The number of ether oxygens (including phenoxy) is 2. The van der Waals surface area contributed by atoms with Gasteiger partial charge in [0.05, 0.1) is 12.3 Å². The molecule has 0 radical (unpaired) electrons. The molecule has 1 N–H and O–H groups in total. The van der Waals surface area contributed by atoms with Gasteiger partial charge >= 0.3 is 18.2 Å². The van der Waals surface area contributed by atoms with Crippen molar-refractivity contribution < 1.29 is 45.8 Å². The molecule has 52 heavy (non-hydrogen) atoms. The number of nitrogens with zero attached hydrogens (tertiary/aromatic N) is 4. The number of hydrogen-bond donors (Lipinski definition) is 1. The van der Waals surface area contributed by atoms with E-state index in [-0.39, 0.29) is 54.9 Å². The van der Waals surface area contributed by atoms with Crippen LogP contribution in [0.4, 0.5) is 33.9 Å². The van der Waals surface area contributed by atoms with Crippen molar-refractivity contribution in [3.05, 3.63) is 47.4 Å². The number of Topliss-reactive ketones (excluding diaryl/α,β-unsaturated/α-hetero) is 1. The van der Waals surface area contributed by atoms with E-state index in [1.165, 1.54) is 12.4 Å². The number of carbonyl (C=O) groups is 3. The number of halogens is 4. The van der Waals surface area contributed by atoms with Gasteiger partial charge in [0.15, 0.2) is 11.4 Å². The molecule has 3 atom stereocenters. The molecule has 0 unspecified atom stereocenters. The lowest BCUT2D eigenvalue weighted by atomic mass is 9.86. The van der Waals surface area contributed by atoms with Crippen LogP contribution in [0.5, 0.6) is 0 Å². The Morgan fingerprint density at radius 2 is 1.75 bits per heavy atom. The molecule has 5 rings (SSSR count). The number of ketones is 1. The summed E-state index contributed by atoms with van der Waals surface area (Å²) < 4.78 is 73.1. The third-order valence-electron chi connectivity index (χ3n) is 8.86. The van der Waals surface area contributed by atoms with Crippen LogP contribution in [-0.2, 0) is 27.1 Å². The third-order valence-corrected chi connectivity index (χ3v) is 8.86. The van der Waals surface area contributed by atoms with E-state index >= 15 is 0 Å². The molecule has 15 heteroatoms. The van der Waals surface area contributed by atoms with Gasteiger partial charge in [-0.1, -0.05) is 0 Å². The SMILES string of the molecule is CC(C)(C)OC(=O)C[C@H]1C[C@@H](C(F)(F)F)CN(c2ccncc2CC(=O)c2c(NC(=O)OC(C)(C)C)oc3cc(CCN4CC[C@@H](F)C4)cnc23)C1. The van der Waals surface area contributed by atoms with E-state index in [2.05, 4.69) is 15.3 Å². The van der Waals surface area contributed by atoms with Gasteiger partial charge in [-0.25, -0.2) is 9.18 Å². The summed E-state index contributed by atoms with van der Waals surface area (Å²) in [7, 11) is 0. The molecule has 3 aromatic rings. The fourth-order valence-electron chi connectivity index (χ4n) is 6.70. The van der Waals surface area contributed by atoms with Crippen LogP contribution in [-0.4, -0.2) is 89.0 Å². The standard InChI is InChI=1S/C37H47F4N5O6/c1-35(2,3)51-30(48)15-23-13-25(37(39,40)41)20-46(19-23)27-7-10-42-18-24(27)16-28(47)31-32-29(50-33(31)44-34(49)52-36(4,5)6)14-22(17-43-32)8-11-45-12-9-26(38)21-45/h7,10,14,17-18,23,25-26H,8-9,11-13,15-16,19-21H2,1-6H3,(H,44,49)/t23-,25-,26-/m1/s1. The van der Waals surface area contributed by atoms with Crippen LogP contribution in [0.15, 0.2) is 35.1 Å². The fraction of sp³-hybridized carbons (Fsp3) is 0.595. The molecule has 0 spiro atoms. The second-order valence-electron chi connectivity index (χ2n) is 15.7. The summed E-state index contributed by atoms with van der Waals surface area (Å²) in [5.41, 5.74) is 0.245. The largest absolute Gasteiger partial charge is 0.460 e. The molecule has 2 aliphatic rings. The van der Waals surface area contributed by atoms with Gasteiger partial charge in [-0.2, -0.15) is 13.2 Å². The maximum absolute atomic E-state index is 14.2. The van der Waals surface area contributed by atoms with Crippen LogP contribution in [0.2, 0.25) is 0 Å². The van der Waals surface area contributed by atoms with Crippen LogP contribution in [0.1, 0.15) is 82.3 Å². The van der Waals surface area contributed by atoms with Crippen molar-refractivity contribution in [1.82, 2.24) is 14.9 Å². The van der Waals surface area contributed by atoms with Gasteiger partial charge in [0, 0.05) is 69.0 Å². The number of likely N-dealkylation sites (tertiary alicyclic amines) is 1. The quantitative estimate of drug-likeness (QED) is 0.129. The number of fused-ring (bicyclic) bond motifs is 1. The molecule has 0 bridgehead atoms. The first-order chi connectivity index (χ1) is 24.2. The minimum Gasteiger partial charge on any atom is -0.460 e. The predicted molar refractivity (Wildman–Crippen MR) is 186 cm³/mol. The first-order valence-corrected chi connectivity index (χ1v) is 17.5. The molecule has 1 amide bonds. The summed E-state index contributed by atoms with van der Waals surface area (Å²) in [5.74, 6) is -3.66. The molecule has 2 fully saturated rings. The lowest BCUT2D eigenvalue weighted by Crippen LogP contribution is -2.47.